The van der Waals surface area contributed by atoms with Crippen molar-refractivity contribution in [3.8, 4) is 11.4 Å². The first-order chi connectivity index (χ1) is 10.9. The fraction of sp³-hybridized carbons (Fsp3) is 0.357. The average molecular weight is 351 g/mol. The zero-order chi connectivity index (χ0) is 16.4. The Hall–Kier alpha value is -1.93. The van der Waals surface area contributed by atoms with Gasteiger partial charge in [0.15, 0.2) is 0 Å². The van der Waals surface area contributed by atoms with E-state index in [1.165, 1.54) is 11.8 Å². The minimum Gasteiger partial charge on any atom is -0.338 e. The van der Waals surface area contributed by atoms with Gasteiger partial charge in [-0.1, -0.05) is 40.7 Å². The largest absolute Gasteiger partial charge is 0.338 e. The van der Waals surface area contributed by atoms with Gasteiger partial charge < -0.3 is 4.52 Å². The van der Waals surface area contributed by atoms with Crippen molar-refractivity contribution in [2.24, 2.45) is 0 Å². The minimum atomic E-state index is -0.188. The third-order valence-electron chi connectivity index (χ3n) is 2.95. The van der Waals surface area contributed by atoms with Gasteiger partial charge in [-0.15, -0.1) is 5.10 Å². The molecule has 0 aliphatic rings. The van der Waals surface area contributed by atoms with Crippen LogP contribution in [0.5, 0.6) is 0 Å². The van der Waals surface area contributed by atoms with Crippen LogP contribution in [0.25, 0.3) is 11.4 Å². The SMILES string of the molecule is CC(C)(C)n1nnnc1SCc1nc(-c2cccc(Cl)c2)no1. The van der Waals surface area contributed by atoms with Gasteiger partial charge in [0.2, 0.25) is 16.9 Å². The topological polar surface area (TPSA) is 82.5 Å². The Kier molecular flexibility index (Phi) is 4.36. The Morgan fingerprint density at radius 1 is 1.30 bits per heavy atom. The third-order valence-corrected chi connectivity index (χ3v) is 4.09. The molecule has 0 saturated heterocycles. The maximum absolute atomic E-state index is 5.98. The van der Waals surface area contributed by atoms with Gasteiger partial charge in [0.25, 0.3) is 0 Å². The maximum atomic E-state index is 5.98. The van der Waals surface area contributed by atoms with Crippen LogP contribution in [-0.2, 0) is 11.3 Å². The molecule has 0 N–H and O–H groups in total. The molecule has 2 heterocycles. The number of hydrogen-bond acceptors (Lipinski definition) is 7. The number of tetrazole rings is 1. The first kappa shape index (κ1) is 15.9. The van der Waals surface area contributed by atoms with Gasteiger partial charge in [-0.25, -0.2) is 4.68 Å². The molecule has 0 bridgehead atoms. The van der Waals surface area contributed by atoms with Crippen LogP contribution in [-0.4, -0.2) is 30.3 Å². The molecule has 0 aliphatic heterocycles. The Bertz CT molecular complexity index is 809. The van der Waals surface area contributed by atoms with E-state index < -0.39 is 0 Å². The zero-order valence-electron chi connectivity index (χ0n) is 12.9. The predicted octanol–water partition coefficient (Wildman–Crippen LogP) is 3.42. The van der Waals surface area contributed by atoms with Gasteiger partial charge in [-0.3, -0.25) is 0 Å². The van der Waals surface area contributed by atoms with E-state index in [9.17, 15) is 0 Å². The number of halogens is 1. The lowest BCUT2D eigenvalue weighted by atomic mass is 10.1. The number of aromatic nitrogens is 6. The summed E-state index contributed by atoms with van der Waals surface area (Å²) in [6.07, 6.45) is 0. The zero-order valence-corrected chi connectivity index (χ0v) is 14.5. The lowest BCUT2D eigenvalue weighted by molar-refractivity contribution is 0.321. The summed E-state index contributed by atoms with van der Waals surface area (Å²) in [5, 5.41) is 17.1. The average Bonchev–Trinajstić information content (AvgIpc) is 3.14. The van der Waals surface area contributed by atoms with E-state index in [1.807, 2.05) is 32.9 Å². The highest BCUT2D eigenvalue weighted by molar-refractivity contribution is 7.98. The summed E-state index contributed by atoms with van der Waals surface area (Å²) in [5.74, 6) is 1.51. The Labute approximate surface area is 142 Å². The molecule has 0 amide bonds. The van der Waals surface area contributed by atoms with E-state index in [4.69, 9.17) is 16.1 Å². The molecule has 0 saturated carbocycles. The lowest BCUT2D eigenvalue weighted by Crippen LogP contribution is -2.24. The molecule has 9 heteroatoms. The Morgan fingerprint density at radius 3 is 2.87 bits per heavy atom. The molecule has 0 spiro atoms. The third kappa shape index (κ3) is 3.70. The number of hydrogen-bond donors (Lipinski definition) is 0. The summed E-state index contributed by atoms with van der Waals surface area (Å²) in [5.41, 5.74) is 0.629. The molecule has 0 radical (unpaired) electrons. The summed E-state index contributed by atoms with van der Waals surface area (Å²) in [6, 6.07) is 7.32. The molecular weight excluding hydrogens is 336 g/mol. The molecule has 0 unspecified atom stereocenters. The normalized spacial score (nSPS) is 11.8. The second-order valence-corrected chi connectivity index (χ2v) is 7.23. The maximum Gasteiger partial charge on any atom is 0.237 e. The summed E-state index contributed by atoms with van der Waals surface area (Å²) < 4.78 is 7.05. The number of benzene rings is 1. The van der Waals surface area contributed by atoms with E-state index in [0.717, 1.165) is 5.56 Å². The van der Waals surface area contributed by atoms with Crippen molar-refractivity contribution in [3.05, 3.63) is 35.2 Å². The molecular formula is C14H15ClN6OS. The van der Waals surface area contributed by atoms with Crippen molar-refractivity contribution in [3.63, 3.8) is 0 Å². The van der Waals surface area contributed by atoms with Crippen LogP contribution in [0.15, 0.2) is 33.9 Å². The molecule has 2 aromatic heterocycles. The standard InChI is InChI=1S/C14H15ClN6OS/c1-14(2,3)21-13(17-19-20-21)23-8-11-16-12(18-22-11)9-5-4-6-10(15)7-9/h4-7H,8H2,1-3H3. The van der Waals surface area contributed by atoms with Crippen molar-refractivity contribution in [1.29, 1.82) is 0 Å². The van der Waals surface area contributed by atoms with Crippen molar-refractivity contribution in [2.45, 2.75) is 37.2 Å². The van der Waals surface area contributed by atoms with Crippen molar-refractivity contribution >= 4 is 23.4 Å². The second kappa shape index (κ2) is 6.29. The minimum absolute atomic E-state index is 0.188. The highest BCUT2D eigenvalue weighted by Gasteiger charge is 2.20. The highest BCUT2D eigenvalue weighted by atomic mass is 35.5. The van der Waals surface area contributed by atoms with Crippen molar-refractivity contribution < 1.29 is 4.52 Å². The first-order valence-electron chi connectivity index (χ1n) is 6.94. The van der Waals surface area contributed by atoms with E-state index in [-0.39, 0.29) is 5.54 Å². The van der Waals surface area contributed by atoms with E-state index in [1.54, 1.807) is 16.8 Å². The number of thioether (sulfide) groups is 1. The fourth-order valence-corrected chi connectivity index (χ4v) is 2.96. The fourth-order valence-electron chi connectivity index (χ4n) is 1.87. The Balaban J connectivity index is 1.72. The number of rotatable bonds is 4. The molecule has 7 nitrogen and oxygen atoms in total. The Morgan fingerprint density at radius 2 is 2.13 bits per heavy atom. The van der Waals surface area contributed by atoms with Crippen LogP contribution in [0.4, 0.5) is 0 Å². The summed E-state index contributed by atoms with van der Waals surface area (Å²) in [4.78, 5) is 4.38. The molecule has 1 aromatic carbocycles. The quantitative estimate of drug-likeness (QED) is 0.666. The van der Waals surface area contributed by atoms with Crippen LogP contribution in [0.3, 0.4) is 0 Å². The van der Waals surface area contributed by atoms with Gasteiger partial charge >= 0.3 is 0 Å². The van der Waals surface area contributed by atoms with Gasteiger partial charge in [-0.2, -0.15) is 4.98 Å². The van der Waals surface area contributed by atoms with Crippen LogP contribution in [0, 0.1) is 0 Å². The first-order valence-corrected chi connectivity index (χ1v) is 8.30. The van der Waals surface area contributed by atoms with Crippen molar-refractivity contribution in [2.75, 3.05) is 0 Å². The van der Waals surface area contributed by atoms with Gasteiger partial charge in [0.05, 0.1) is 11.3 Å². The molecule has 23 heavy (non-hydrogen) atoms. The van der Waals surface area contributed by atoms with Gasteiger partial charge in [-0.05, 0) is 43.3 Å². The van der Waals surface area contributed by atoms with E-state index in [2.05, 4.69) is 25.7 Å². The van der Waals surface area contributed by atoms with Gasteiger partial charge in [0.1, 0.15) is 0 Å². The van der Waals surface area contributed by atoms with Crippen molar-refractivity contribution in [1.82, 2.24) is 30.3 Å². The summed E-state index contributed by atoms with van der Waals surface area (Å²) in [7, 11) is 0. The number of nitrogens with zero attached hydrogens (tertiary/aromatic N) is 6. The molecule has 0 aliphatic carbocycles. The highest BCUT2D eigenvalue weighted by Crippen LogP contribution is 2.25. The van der Waals surface area contributed by atoms with Crippen LogP contribution >= 0.6 is 23.4 Å². The van der Waals surface area contributed by atoms with Crippen LogP contribution < -0.4 is 0 Å². The smallest absolute Gasteiger partial charge is 0.237 e. The molecule has 3 aromatic rings. The lowest BCUT2D eigenvalue weighted by Gasteiger charge is -2.19. The summed E-state index contributed by atoms with van der Waals surface area (Å²) in [6.45, 7) is 6.12. The van der Waals surface area contributed by atoms with Gasteiger partial charge in [0, 0.05) is 10.6 Å². The summed E-state index contributed by atoms with van der Waals surface area (Å²) >= 11 is 7.43. The predicted molar refractivity (Wildman–Crippen MR) is 87.1 cm³/mol. The second-order valence-electron chi connectivity index (χ2n) is 5.85. The van der Waals surface area contributed by atoms with E-state index in [0.29, 0.717) is 27.6 Å². The van der Waals surface area contributed by atoms with E-state index >= 15 is 0 Å². The molecule has 0 atom stereocenters. The molecule has 0 fully saturated rings. The molecule has 3 rings (SSSR count). The van der Waals surface area contributed by atoms with Crippen LogP contribution in [0.2, 0.25) is 5.02 Å². The molecule has 120 valence electrons. The van der Waals surface area contributed by atoms with Crippen LogP contribution in [0.1, 0.15) is 26.7 Å². The monoisotopic (exact) mass is 350 g/mol.